The summed E-state index contributed by atoms with van der Waals surface area (Å²) in [6.45, 7) is 2.86. The van der Waals surface area contributed by atoms with Crippen molar-refractivity contribution in [1.29, 1.82) is 0 Å². The van der Waals surface area contributed by atoms with Crippen LogP contribution >= 0.6 is 27.5 Å². The quantitative estimate of drug-likeness (QED) is 0.868. The highest BCUT2D eigenvalue weighted by Gasteiger charge is 2.23. The lowest BCUT2D eigenvalue weighted by atomic mass is 10.0. The molecule has 108 valence electrons. The standard InChI is InChI=1S/C14H16BrClFN3/c1-3-6-20-14(11(15)8-19-20)13(18-2)10-7-9(16)4-5-12(10)17/h4-5,7-8,13,18H,3,6H2,1-2H3. The molecule has 1 N–H and O–H groups in total. The maximum atomic E-state index is 14.1. The summed E-state index contributed by atoms with van der Waals surface area (Å²) in [5, 5.41) is 7.98. The van der Waals surface area contributed by atoms with Crippen molar-refractivity contribution in [2.24, 2.45) is 0 Å². The van der Waals surface area contributed by atoms with E-state index >= 15 is 0 Å². The Morgan fingerprint density at radius 1 is 1.50 bits per heavy atom. The second-order valence-corrected chi connectivity index (χ2v) is 5.78. The van der Waals surface area contributed by atoms with Crippen molar-refractivity contribution in [2.75, 3.05) is 7.05 Å². The molecule has 0 spiro atoms. The van der Waals surface area contributed by atoms with Crippen LogP contribution in [0, 0.1) is 5.82 Å². The number of aryl methyl sites for hydroxylation is 1. The number of rotatable bonds is 5. The van der Waals surface area contributed by atoms with E-state index in [9.17, 15) is 4.39 Å². The third-order valence-electron chi connectivity index (χ3n) is 3.10. The highest BCUT2D eigenvalue weighted by molar-refractivity contribution is 9.10. The van der Waals surface area contributed by atoms with E-state index in [1.54, 1.807) is 25.4 Å². The second-order valence-electron chi connectivity index (χ2n) is 4.49. The Bertz CT molecular complexity index is 600. The largest absolute Gasteiger partial charge is 0.308 e. The number of nitrogens with one attached hydrogen (secondary N) is 1. The predicted octanol–water partition coefficient (Wildman–Crippen LogP) is 4.16. The molecule has 0 aliphatic heterocycles. The number of nitrogens with zero attached hydrogens (tertiary/aromatic N) is 2. The normalized spacial score (nSPS) is 12.7. The van der Waals surface area contributed by atoms with Crippen LogP contribution in [-0.2, 0) is 6.54 Å². The van der Waals surface area contributed by atoms with Gasteiger partial charge >= 0.3 is 0 Å². The Hall–Kier alpha value is -0.910. The molecule has 0 bridgehead atoms. The molecule has 0 saturated heterocycles. The topological polar surface area (TPSA) is 29.9 Å². The molecule has 20 heavy (non-hydrogen) atoms. The zero-order chi connectivity index (χ0) is 14.7. The van der Waals surface area contributed by atoms with Crippen LogP contribution < -0.4 is 5.32 Å². The second kappa shape index (κ2) is 6.70. The summed E-state index contributed by atoms with van der Waals surface area (Å²) in [6.07, 6.45) is 2.69. The molecule has 0 radical (unpaired) electrons. The molecule has 0 amide bonds. The van der Waals surface area contributed by atoms with Crippen LogP contribution in [0.25, 0.3) is 0 Å². The van der Waals surface area contributed by atoms with Gasteiger partial charge in [-0.05, 0) is 47.6 Å². The molecule has 0 aliphatic carbocycles. The van der Waals surface area contributed by atoms with Gasteiger partial charge in [-0.3, -0.25) is 4.68 Å². The smallest absolute Gasteiger partial charge is 0.128 e. The fourth-order valence-corrected chi connectivity index (χ4v) is 2.93. The fraction of sp³-hybridized carbons (Fsp3) is 0.357. The number of benzene rings is 1. The minimum Gasteiger partial charge on any atom is -0.308 e. The number of halogens is 3. The van der Waals surface area contributed by atoms with Crippen molar-refractivity contribution >= 4 is 27.5 Å². The van der Waals surface area contributed by atoms with Crippen LogP contribution in [-0.4, -0.2) is 16.8 Å². The maximum absolute atomic E-state index is 14.1. The van der Waals surface area contributed by atoms with Gasteiger partial charge in [-0.2, -0.15) is 5.10 Å². The molecule has 3 nitrogen and oxygen atoms in total. The molecular formula is C14H16BrClFN3. The van der Waals surface area contributed by atoms with Gasteiger partial charge in [-0.1, -0.05) is 18.5 Å². The minimum atomic E-state index is -0.308. The summed E-state index contributed by atoms with van der Waals surface area (Å²) in [5.74, 6) is -0.287. The first-order chi connectivity index (χ1) is 9.58. The molecule has 6 heteroatoms. The van der Waals surface area contributed by atoms with Gasteiger partial charge in [0.15, 0.2) is 0 Å². The Kier molecular flexibility index (Phi) is 5.18. The average molecular weight is 361 g/mol. The zero-order valence-electron chi connectivity index (χ0n) is 11.3. The highest BCUT2D eigenvalue weighted by Crippen LogP contribution is 2.31. The zero-order valence-corrected chi connectivity index (χ0v) is 13.7. The molecule has 0 saturated carbocycles. The Balaban J connectivity index is 2.52. The van der Waals surface area contributed by atoms with E-state index in [2.05, 4.69) is 33.3 Å². The first-order valence-electron chi connectivity index (χ1n) is 6.41. The van der Waals surface area contributed by atoms with E-state index in [0.717, 1.165) is 23.1 Å². The van der Waals surface area contributed by atoms with Gasteiger partial charge in [0.05, 0.1) is 22.4 Å². The van der Waals surface area contributed by atoms with Crippen LogP contribution in [0.2, 0.25) is 5.02 Å². The van der Waals surface area contributed by atoms with Gasteiger partial charge in [-0.25, -0.2) is 4.39 Å². The Labute approximate surface area is 131 Å². The first-order valence-corrected chi connectivity index (χ1v) is 7.59. The first kappa shape index (κ1) is 15.5. The van der Waals surface area contributed by atoms with E-state index < -0.39 is 0 Å². The number of aromatic nitrogens is 2. The van der Waals surface area contributed by atoms with Gasteiger partial charge < -0.3 is 5.32 Å². The van der Waals surface area contributed by atoms with E-state index in [-0.39, 0.29) is 11.9 Å². The maximum Gasteiger partial charge on any atom is 0.128 e. The van der Waals surface area contributed by atoms with Crippen LogP contribution in [0.15, 0.2) is 28.9 Å². The van der Waals surface area contributed by atoms with Gasteiger partial charge in [-0.15, -0.1) is 0 Å². The molecule has 1 atom stereocenters. The van der Waals surface area contributed by atoms with Crippen molar-refractivity contribution in [3.8, 4) is 0 Å². The SMILES string of the molecule is CCCn1ncc(Br)c1C(NC)c1cc(Cl)ccc1F. The van der Waals surface area contributed by atoms with Gasteiger partial charge in [0.1, 0.15) is 5.82 Å². The van der Waals surface area contributed by atoms with Crippen molar-refractivity contribution in [1.82, 2.24) is 15.1 Å². The van der Waals surface area contributed by atoms with Crippen LogP contribution in [0.4, 0.5) is 4.39 Å². The summed E-state index contributed by atoms with van der Waals surface area (Å²) in [7, 11) is 1.79. The molecular weight excluding hydrogens is 345 g/mol. The third kappa shape index (κ3) is 3.05. The lowest BCUT2D eigenvalue weighted by Gasteiger charge is -2.20. The van der Waals surface area contributed by atoms with Gasteiger partial charge in [0.25, 0.3) is 0 Å². The highest BCUT2D eigenvalue weighted by atomic mass is 79.9. The van der Waals surface area contributed by atoms with Crippen molar-refractivity contribution < 1.29 is 4.39 Å². The molecule has 2 aromatic rings. The van der Waals surface area contributed by atoms with Crippen LogP contribution in [0.5, 0.6) is 0 Å². The van der Waals surface area contributed by atoms with E-state index in [4.69, 9.17) is 11.6 Å². The molecule has 1 unspecified atom stereocenters. The minimum absolute atomic E-state index is 0.287. The third-order valence-corrected chi connectivity index (χ3v) is 3.95. The van der Waals surface area contributed by atoms with Crippen LogP contribution in [0.1, 0.15) is 30.6 Å². The summed E-state index contributed by atoms with van der Waals surface area (Å²) < 4.78 is 16.8. The van der Waals surface area contributed by atoms with E-state index in [0.29, 0.717) is 10.6 Å². The van der Waals surface area contributed by atoms with Crippen LogP contribution in [0.3, 0.4) is 0 Å². The average Bonchev–Trinajstić information content (AvgIpc) is 2.77. The van der Waals surface area contributed by atoms with Gasteiger partial charge in [0.2, 0.25) is 0 Å². The summed E-state index contributed by atoms with van der Waals surface area (Å²) >= 11 is 9.48. The molecule has 0 aliphatic rings. The molecule has 2 rings (SSSR count). The summed E-state index contributed by atoms with van der Waals surface area (Å²) in [4.78, 5) is 0. The molecule has 0 fully saturated rings. The van der Waals surface area contributed by atoms with Crippen molar-refractivity contribution in [2.45, 2.75) is 25.9 Å². The number of hydrogen-bond acceptors (Lipinski definition) is 2. The summed E-state index contributed by atoms with van der Waals surface area (Å²) in [5.41, 5.74) is 1.41. The Morgan fingerprint density at radius 3 is 2.90 bits per heavy atom. The Morgan fingerprint density at radius 2 is 2.25 bits per heavy atom. The van der Waals surface area contributed by atoms with Gasteiger partial charge in [0, 0.05) is 17.1 Å². The lowest BCUT2D eigenvalue weighted by Crippen LogP contribution is -2.23. The molecule has 1 heterocycles. The molecule has 1 aromatic carbocycles. The number of hydrogen-bond donors (Lipinski definition) is 1. The lowest BCUT2D eigenvalue weighted by molar-refractivity contribution is 0.515. The van der Waals surface area contributed by atoms with Crippen molar-refractivity contribution in [3.05, 3.63) is 51.0 Å². The van der Waals surface area contributed by atoms with E-state index in [1.807, 2.05) is 4.68 Å². The predicted molar refractivity (Wildman–Crippen MR) is 82.5 cm³/mol. The summed E-state index contributed by atoms with van der Waals surface area (Å²) in [6, 6.07) is 4.27. The van der Waals surface area contributed by atoms with E-state index in [1.165, 1.54) is 6.07 Å². The van der Waals surface area contributed by atoms with Crippen molar-refractivity contribution in [3.63, 3.8) is 0 Å². The molecule has 1 aromatic heterocycles. The fourth-order valence-electron chi connectivity index (χ4n) is 2.22. The monoisotopic (exact) mass is 359 g/mol.